The number of hydrazine groups is 1. The number of carbonyl (C=O) groups excluding carboxylic acids is 1. The summed E-state index contributed by atoms with van der Waals surface area (Å²) in [5.41, 5.74) is 7.93. The van der Waals surface area contributed by atoms with Crippen LogP contribution in [-0.4, -0.2) is 49.9 Å². The second-order valence-corrected chi connectivity index (χ2v) is 11.3. The second kappa shape index (κ2) is 15.1. The van der Waals surface area contributed by atoms with Crippen molar-refractivity contribution < 1.29 is 28.8 Å². The number of methoxy groups -OCH3 is 2. The molecule has 5 rings (SSSR count). The molecule has 0 aromatic heterocycles. The first kappa shape index (κ1) is 32.0. The van der Waals surface area contributed by atoms with Gasteiger partial charge in [-0.15, -0.1) is 0 Å². The summed E-state index contributed by atoms with van der Waals surface area (Å²) in [5, 5.41) is 9.07. The fourth-order valence-corrected chi connectivity index (χ4v) is 5.52. The molecule has 10 heteroatoms. The predicted molar refractivity (Wildman–Crippen MR) is 176 cm³/mol. The third-order valence-electron chi connectivity index (χ3n) is 7.50. The molecule has 0 aliphatic carbocycles. The lowest BCUT2D eigenvalue weighted by molar-refractivity contribution is -0.130. The molecule has 0 spiro atoms. The van der Waals surface area contributed by atoms with Gasteiger partial charge >= 0.3 is 0 Å². The summed E-state index contributed by atoms with van der Waals surface area (Å²) in [6.45, 7) is 0.856. The molecule has 234 valence electrons. The number of rotatable bonds is 14. The van der Waals surface area contributed by atoms with E-state index in [2.05, 4.69) is 26.8 Å². The Bertz CT molecular complexity index is 1610. The first-order valence-electron chi connectivity index (χ1n) is 14.6. The van der Waals surface area contributed by atoms with Crippen molar-refractivity contribution in [3.63, 3.8) is 0 Å². The highest BCUT2D eigenvalue weighted by Crippen LogP contribution is 2.44. The van der Waals surface area contributed by atoms with Crippen LogP contribution in [0.3, 0.4) is 0 Å². The van der Waals surface area contributed by atoms with Crippen molar-refractivity contribution in [2.75, 3.05) is 27.4 Å². The Morgan fingerprint density at radius 3 is 2.38 bits per heavy atom. The summed E-state index contributed by atoms with van der Waals surface area (Å²) < 4.78 is 24.0. The van der Waals surface area contributed by atoms with Crippen molar-refractivity contribution in [2.24, 2.45) is 4.99 Å². The van der Waals surface area contributed by atoms with E-state index in [-0.39, 0.29) is 18.9 Å². The van der Waals surface area contributed by atoms with Gasteiger partial charge in [-0.2, -0.15) is 0 Å². The highest BCUT2D eigenvalue weighted by molar-refractivity contribution is 9.10. The molecular formula is C35H36BrN3O6. The smallest absolute Gasteiger partial charge is 0.266 e. The number of hydrogen-bond acceptors (Lipinski definition) is 8. The van der Waals surface area contributed by atoms with Crippen LogP contribution in [-0.2, 0) is 22.5 Å². The quantitative estimate of drug-likeness (QED) is 0.119. The minimum absolute atomic E-state index is 0.0605. The molecule has 0 unspecified atom stereocenters. The molecule has 0 fully saturated rings. The standard InChI is InChI=1S/C35H36BrN3O6/c1-42-28-15-11-24(12-16-28)23-37-39-34(41)35(22-27-7-3-4-10-31(27)36)32(26-8-5-9-30(21-26)43-2)45-33(38-35)25-13-17-29(18-14-25)44-20-6-19-40/h3-5,7-18,21,32,37,40H,6,19-20,22-23H2,1-2H3,(H,39,41)/t32-,35-/m0/s1. The zero-order valence-electron chi connectivity index (χ0n) is 25.2. The Labute approximate surface area is 271 Å². The number of aliphatic hydroxyl groups excluding tert-OH is 1. The van der Waals surface area contributed by atoms with Crippen molar-refractivity contribution in [1.82, 2.24) is 10.9 Å². The Balaban J connectivity index is 1.52. The minimum atomic E-state index is -1.39. The monoisotopic (exact) mass is 673 g/mol. The van der Waals surface area contributed by atoms with Gasteiger partial charge in [-0.05, 0) is 71.3 Å². The number of hydrogen-bond donors (Lipinski definition) is 3. The van der Waals surface area contributed by atoms with E-state index in [0.29, 0.717) is 42.5 Å². The number of carbonyl (C=O) groups is 1. The van der Waals surface area contributed by atoms with Gasteiger partial charge in [-0.1, -0.05) is 58.4 Å². The van der Waals surface area contributed by atoms with E-state index in [4.69, 9.17) is 29.0 Å². The highest BCUT2D eigenvalue weighted by atomic mass is 79.9. The van der Waals surface area contributed by atoms with E-state index >= 15 is 0 Å². The number of benzene rings is 4. The minimum Gasteiger partial charge on any atom is -0.497 e. The van der Waals surface area contributed by atoms with Crippen LogP contribution < -0.4 is 25.1 Å². The topological polar surface area (TPSA) is 111 Å². The van der Waals surface area contributed by atoms with Crippen LogP contribution in [0.15, 0.2) is 107 Å². The van der Waals surface area contributed by atoms with Crippen LogP contribution in [0, 0.1) is 0 Å². The van der Waals surface area contributed by atoms with Gasteiger partial charge < -0.3 is 24.1 Å². The second-order valence-electron chi connectivity index (χ2n) is 10.5. The number of halogens is 1. The third-order valence-corrected chi connectivity index (χ3v) is 8.27. The molecular weight excluding hydrogens is 638 g/mol. The van der Waals surface area contributed by atoms with Crippen molar-refractivity contribution in [1.29, 1.82) is 0 Å². The van der Waals surface area contributed by atoms with Gasteiger partial charge in [0.05, 0.1) is 20.8 Å². The number of aliphatic hydroxyl groups is 1. The van der Waals surface area contributed by atoms with Gasteiger partial charge in [-0.3, -0.25) is 10.2 Å². The normalized spacial score (nSPS) is 17.2. The Morgan fingerprint density at radius 2 is 1.67 bits per heavy atom. The van der Waals surface area contributed by atoms with Crippen LogP contribution in [0.2, 0.25) is 0 Å². The van der Waals surface area contributed by atoms with Crippen molar-refractivity contribution in [3.05, 3.63) is 124 Å². The summed E-state index contributed by atoms with van der Waals surface area (Å²) in [4.78, 5) is 19.5. The molecule has 0 saturated carbocycles. The van der Waals surface area contributed by atoms with E-state index in [1.54, 1.807) is 14.2 Å². The molecule has 45 heavy (non-hydrogen) atoms. The van der Waals surface area contributed by atoms with Gasteiger partial charge in [0, 0.05) is 36.0 Å². The molecule has 1 amide bonds. The van der Waals surface area contributed by atoms with E-state index in [9.17, 15) is 4.79 Å². The van der Waals surface area contributed by atoms with E-state index in [1.165, 1.54) is 0 Å². The van der Waals surface area contributed by atoms with Gasteiger partial charge in [0.15, 0.2) is 11.6 Å². The fourth-order valence-electron chi connectivity index (χ4n) is 5.10. The first-order valence-corrected chi connectivity index (χ1v) is 15.4. The Morgan fingerprint density at radius 1 is 0.933 bits per heavy atom. The van der Waals surface area contributed by atoms with Crippen molar-refractivity contribution in [2.45, 2.75) is 31.0 Å². The molecule has 4 aromatic rings. The average Bonchev–Trinajstić information content (AvgIpc) is 3.47. The maximum absolute atomic E-state index is 14.4. The first-order chi connectivity index (χ1) is 22.0. The SMILES string of the molecule is COc1ccc(CNNC(=O)[C@@]2(Cc3ccccc3Br)N=C(c3ccc(OCCCO)cc3)O[C@H]2c2cccc(OC)c2)cc1. The summed E-state index contributed by atoms with van der Waals surface area (Å²) in [5.74, 6) is 2.04. The summed E-state index contributed by atoms with van der Waals surface area (Å²) in [7, 11) is 3.22. The molecule has 0 saturated heterocycles. The van der Waals surface area contributed by atoms with Crippen molar-refractivity contribution >= 4 is 27.7 Å². The van der Waals surface area contributed by atoms with Crippen LogP contribution in [0.5, 0.6) is 17.2 Å². The van der Waals surface area contributed by atoms with Gasteiger partial charge in [0.2, 0.25) is 5.90 Å². The predicted octanol–water partition coefficient (Wildman–Crippen LogP) is 5.55. The maximum Gasteiger partial charge on any atom is 0.266 e. The Hall–Kier alpha value is -4.38. The third kappa shape index (κ3) is 7.65. The highest BCUT2D eigenvalue weighted by Gasteiger charge is 2.53. The zero-order valence-corrected chi connectivity index (χ0v) is 26.8. The molecule has 1 aliphatic rings. The lowest BCUT2D eigenvalue weighted by Crippen LogP contribution is -2.53. The molecule has 4 aromatic carbocycles. The van der Waals surface area contributed by atoms with Crippen LogP contribution in [0.1, 0.15) is 34.8 Å². The summed E-state index contributed by atoms with van der Waals surface area (Å²) in [6.07, 6.45) is 0.00920. The number of nitrogens with zero attached hydrogens (tertiary/aromatic N) is 1. The molecule has 0 bridgehead atoms. The number of nitrogens with one attached hydrogen (secondary N) is 2. The van der Waals surface area contributed by atoms with E-state index in [0.717, 1.165) is 26.9 Å². The fraction of sp³-hybridized carbons (Fsp3) is 0.257. The average molecular weight is 675 g/mol. The largest absolute Gasteiger partial charge is 0.497 e. The van der Waals surface area contributed by atoms with Gasteiger partial charge in [0.1, 0.15) is 17.2 Å². The number of aliphatic imine (C=N–C) groups is 1. The molecule has 2 atom stereocenters. The zero-order chi connectivity index (χ0) is 31.6. The van der Waals surface area contributed by atoms with Gasteiger partial charge in [-0.25, -0.2) is 10.4 Å². The summed E-state index contributed by atoms with van der Waals surface area (Å²) >= 11 is 3.67. The molecule has 9 nitrogen and oxygen atoms in total. The molecule has 3 N–H and O–H groups in total. The lowest BCUT2D eigenvalue weighted by atomic mass is 9.82. The molecule has 0 radical (unpaired) electrons. The van der Waals surface area contributed by atoms with Crippen LogP contribution >= 0.6 is 15.9 Å². The van der Waals surface area contributed by atoms with E-state index in [1.807, 2.05) is 97.1 Å². The van der Waals surface area contributed by atoms with Crippen LogP contribution in [0.4, 0.5) is 0 Å². The van der Waals surface area contributed by atoms with Gasteiger partial charge in [0.25, 0.3) is 5.91 Å². The Kier molecular flexibility index (Phi) is 10.7. The van der Waals surface area contributed by atoms with Crippen LogP contribution in [0.25, 0.3) is 0 Å². The molecule has 1 aliphatic heterocycles. The molecule has 1 heterocycles. The van der Waals surface area contributed by atoms with Crippen molar-refractivity contribution in [3.8, 4) is 17.2 Å². The lowest BCUT2D eigenvalue weighted by Gasteiger charge is -2.31. The number of ether oxygens (including phenoxy) is 4. The van der Waals surface area contributed by atoms with E-state index < -0.39 is 11.6 Å². The number of amides is 1. The maximum atomic E-state index is 14.4. The summed E-state index contributed by atoms with van der Waals surface area (Å²) in [6, 6.07) is 30.2.